The zero-order chi connectivity index (χ0) is 13.2. The molecule has 0 aromatic carbocycles. The normalized spacial score (nSPS) is 19.4. The van der Waals surface area contributed by atoms with Gasteiger partial charge in [0.1, 0.15) is 4.60 Å². The fraction of sp³-hybridized carbons (Fsp3) is 0.571. The van der Waals surface area contributed by atoms with E-state index < -0.39 is 0 Å². The minimum atomic E-state index is 0.104. The lowest BCUT2D eigenvalue weighted by atomic mass is 9.85. The Morgan fingerprint density at radius 1 is 1.33 bits per heavy atom. The van der Waals surface area contributed by atoms with Crippen molar-refractivity contribution >= 4 is 21.8 Å². The summed E-state index contributed by atoms with van der Waals surface area (Å²) in [6.45, 7) is 6.27. The molecule has 98 valence electrons. The molecule has 3 nitrogen and oxygen atoms in total. The molecule has 2 heterocycles. The topological polar surface area (TPSA) is 33.2 Å². The molecule has 2 rings (SSSR count). The first-order chi connectivity index (χ1) is 8.48. The maximum Gasteiger partial charge on any atom is 0.255 e. The van der Waals surface area contributed by atoms with Crippen molar-refractivity contribution in [1.29, 1.82) is 0 Å². The molecule has 1 fully saturated rings. The largest absolute Gasteiger partial charge is 0.339 e. The van der Waals surface area contributed by atoms with Crippen molar-refractivity contribution in [2.75, 3.05) is 13.1 Å². The van der Waals surface area contributed by atoms with E-state index in [-0.39, 0.29) is 5.91 Å². The Morgan fingerprint density at radius 2 is 2.11 bits per heavy atom. The molecule has 1 aliphatic heterocycles. The van der Waals surface area contributed by atoms with E-state index in [9.17, 15) is 4.79 Å². The van der Waals surface area contributed by atoms with E-state index in [0.29, 0.717) is 11.0 Å². The van der Waals surface area contributed by atoms with Crippen LogP contribution in [-0.4, -0.2) is 28.9 Å². The lowest BCUT2D eigenvalue weighted by Crippen LogP contribution is -2.32. The second-order valence-electron chi connectivity index (χ2n) is 5.68. The smallest absolute Gasteiger partial charge is 0.255 e. The number of carbonyl (C=O) groups is 1. The Morgan fingerprint density at radius 3 is 2.78 bits per heavy atom. The molecule has 1 saturated heterocycles. The fourth-order valence-corrected chi connectivity index (χ4v) is 2.55. The van der Waals surface area contributed by atoms with Crippen molar-refractivity contribution in [2.45, 2.75) is 33.1 Å². The molecule has 0 radical (unpaired) electrons. The molecule has 0 saturated carbocycles. The van der Waals surface area contributed by atoms with Crippen LogP contribution in [0, 0.1) is 5.41 Å². The highest BCUT2D eigenvalue weighted by Gasteiger charge is 2.25. The summed E-state index contributed by atoms with van der Waals surface area (Å²) in [6.07, 6.45) is 4.99. The van der Waals surface area contributed by atoms with E-state index in [0.717, 1.165) is 30.5 Å². The molecule has 1 amide bonds. The molecule has 0 bridgehead atoms. The van der Waals surface area contributed by atoms with Crippen LogP contribution in [-0.2, 0) is 0 Å². The van der Waals surface area contributed by atoms with Gasteiger partial charge in [-0.2, -0.15) is 0 Å². The van der Waals surface area contributed by atoms with E-state index in [4.69, 9.17) is 0 Å². The van der Waals surface area contributed by atoms with Crippen molar-refractivity contribution in [1.82, 2.24) is 9.88 Å². The van der Waals surface area contributed by atoms with Crippen LogP contribution >= 0.6 is 15.9 Å². The number of aromatic nitrogens is 1. The molecule has 0 N–H and O–H groups in total. The van der Waals surface area contributed by atoms with Crippen LogP contribution in [0.1, 0.15) is 43.5 Å². The Bertz CT molecular complexity index is 428. The van der Waals surface area contributed by atoms with Gasteiger partial charge in [0.25, 0.3) is 5.91 Å². The van der Waals surface area contributed by atoms with E-state index >= 15 is 0 Å². The fourth-order valence-electron chi connectivity index (χ4n) is 2.31. The van der Waals surface area contributed by atoms with E-state index in [2.05, 4.69) is 34.8 Å². The van der Waals surface area contributed by atoms with Gasteiger partial charge in [-0.3, -0.25) is 4.79 Å². The highest BCUT2D eigenvalue weighted by atomic mass is 79.9. The summed E-state index contributed by atoms with van der Waals surface area (Å²) in [7, 11) is 0. The van der Waals surface area contributed by atoms with E-state index in [1.165, 1.54) is 6.42 Å². The Balaban J connectivity index is 2.07. The summed E-state index contributed by atoms with van der Waals surface area (Å²) >= 11 is 3.28. The van der Waals surface area contributed by atoms with Gasteiger partial charge in [0.05, 0.1) is 5.56 Å². The van der Waals surface area contributed by atoms with Crippen LogP contribution in [0.2, 0.25) is 0 Å². The molecule has 4 heteroatoms. The Labute approximate surface area is 117 Å². The van der Waals surface area contributed by atoms with E-state index in [1.54, 1.807) is 6.20 Å². The molecule has 18 heavy (non-hydrogen) atoms. The molecular formula is C14H19BrN2O. The van der Waals surface area contributed by atoms with Gasteiger partial charge in [0, 0.05) is 19.3 Å². The molecule has 0 spiro atoms. The number of likely N-dealkylation sites (tertiary alicyclic amines) is 1. The number of carbonyl (C=O) groups excluding carboxylic acids is 1. The molecular weight excluding hydrogens is 292 g/mol. The second-order valence-corrected chi connectivity index (χ2v) is 6.49. The molecule has 0 aliphatic carbocycles. The van der Waals surface area contributed by atoms with Gasteiger partial charge < -0.3 is 4.90 Å². The van der Waals surface area contributed by atoms with Gasteiger partial charge in [-0.1, -0.05) is 13.8 Å². The zero-order valence-electron chi connectivity index (χ0n) is 10.9. The van der Waals surface area contributed by atoms with Crippen molar-refractivity contribution in [2.24, 2.45) is 5.41 Å². The second kappa shape index (κ2) is 5.39. The molecule has 1 aromatic heterocycles. The standard InChI is InChI=1S/C14H19BrN2O/c1-14(2)6-3-8-17(9-7-14)13(18)11-4-5-12(15)16-10-11/h4-5,10H,3,6-9H2,1-2H3. The highest BCUT2D eigenvalue weighted by molar-refractivity contribution is 9.10. The van der Waals surface area contributed by atoms with Crippen LogP contribution in [0.15, 0.2) is 22.9 Å². The summed E-state index contributed by atoms with van der Waals surface area (Å²) in [4.78, 5) is 18.4. The first-order valence-corrected chi connectivity index (χ1v) is 7.18. The maximum absolute atomic E-state index is 12.3. The number of nitrogens with zero attached hydrogens (tertiary/aromatic N) is 2. The molecule has 0 unspecified atom stereocenters. The first kappa shape index (κ1) is 13.5. The third kappa shape index (κ3) is 3.31. The van der Waals surface area contributed by atoms with Crippen LogP contribution in [0.3, 0.4) is 0 Å². The number of halogens is 1. The van der Waals surface area contributed by atoms with Gasteiger partial charge in [-0.15, -0.1) is 0 Å². The SMILES string of the molecule is CC1(C)CCCN(C(=O)c2ccc(Br)nc2)CC1. The average Bonchev–Trinajstić information content (AvgIpc) is 2.50. The lowest BCUT2D eigenvalue weighted by molar-refractivity contribution is 0.0757. The average molecular weight is 311 g/mol. The van der Waals surface area contributed by atoms with Gasteiger partial charge >= 0.3 is 0 Å². The summed E-state index contributed by atoms with van der Waals surface area (Å²) in [5.41, 5.74) is 1.03. The van der Waals surface area contributed by atoms with Gasteiger partial charge in [0.2, 0.25) is 0 Å². The number of hydrogen-bond donors (Lipinski definition) is 0. The van der Waals surface area contributed by atoms with Crippen LogP contribution in [0.5, 0.6) is 0 Å². The van der Waals surface area contributed by atoms with Crippen molar-refractivity contribution < 1.29 is 4.79 Å². The zero-order valence-corrected chi connectivity index (χ0v) is 12.5. The van der Waals surface area contributed by atoms with Gasteiger partial charge in [0.15, 0.2) is 0 Å². The summed E-state index contributed by atoms with van der Waals surface area (Å²) in [6, 6.07) is 3.64. The number of amides is 1. The van der Waals surface area contributed by atoms with Crippen LogP contribution in [0.25, 0.3) is 0 Å². The van der Waals surface area contributed by atoms with Crippen molar-refractivity contribution in [3.63, 3.8) is 0 Å². The third-order valence-corrected chi connectivity index (χ3v) is 4.07. The van der Waals surface area contributed by atoms with Gasteiger partial charge in [-0.25, -0.2) is 4.98 Å². The molecule has 1 aromatic rings. The van der Waals surface area contributed by atoms with E-state index in [1.807, 2.05) is 17.0 Å². The van der Waals surface area contributed by atoms with Crippen molar-refractivity contribution in [3.05, 3.63) is 28.5 Å². The number of hydrogen-bond acceptors (Lipinski definition) is 2. The highest BCUT2D eigenvalue weighted by Crippen LogP contribution is 2.30. The quantitative estimate of drug-likeness (QED) is 0.744. The maximum atomic E-state index is 12.3. The van der Waals surface area contributed by atoms with Gasteiger partial charge in [-0.05, 0) is 52.7 Å². The van der Waals surface area contributed by atoms with Crippen LogP contribution < -0.4 is 0 Å². The molecule has 1 aliphatic rings. The number of rotatable bonds is 1. The summed E-state index contributed by atoms with van der Waals surface area (Å²) in [5.74, 6) is 0.104. The van der Waals surface area contributed by atoms with Crippen LogP contribution in [0.4, 0.5) is 0 Å². The summed E-state index contributed by atoms with van der Waals surface area (Å²) in [5, 5.41) is 0. The lowest BCUT2D eigenvalue weighted by Gasteiger charge is -2.23. The third-order valence-electron chi connectivity index (χ3n) is 3.60. The predicted octanol–water partition coefficient (Wildman–Crippen LogP) is 3.50. The predicted molar refractivity (Wildman–Crippen MR) is 75.5 cm³/mol. The minimum absolute atomic E-state index is 0.104. The van der Waals surface area contributed by atoms with Crippen molar-refractivity contribution in [3.8, 4) is 0 Å². The summed E-state index contributed by atoms with van der Waals surface area (Å²) < 4.78 is 0.760. The first-order valence-electron chi connectivity index (χ1n) is 6.39. The monoisotopic (exact) mass is 310 g/mol. The minimum Gasteiger partial charge on any atom is -0.339 e. The number of pyridine rings is 1. The molecule has 0 atom stereocenters. The Kier molecular flexibility index (Phi) is 4.05. The Hall–Kier alpha value is -0.900.